The van der Waals surface area contributed by atoms with E-state index in [-0.39, 0.29) is 18.0 Å². The van der Waals surface area contributed by atoms with E-state index in [1.54, 1.807) is 19.0 Å². The molecule has 4 rings (SSSR count). The van der Waals surface area contributed by atoms with Crippen molar-refractivity contribution in [1.82, 2.24) is 14.4 Å². The quantitative estimate of drug-likeness (QED) is 0.669. The van der Waals surface area contributed by atoms with E-state index in [4.69, 9.17) is 0 Å². The molecule has 3 amide bonds. The van der Waals surface area contributed by atoms with Gasteiger partial charge in [0.05, 0.1) is 0 Å². The molecule has 6 nitrogen and oxygen atoms in total. The molecule has 1 saturated heterocycles. The van der Waals surface area contributed by atoms with Crippen LogP contribution in [-0.4, -0.2) is 53.0 Å². The van der Waals surface area contributed by atoms with E-state index in [1.807, 2.05) is 46.0 Å². The van der Waals surface area contributed by atoms with E-state index < -0.39 is 0 Å². The van der Waals surface area contributed by atoms with E-state index in [1.165, 1.54) is 5.56 Å². The van der Waals surface area contributed by atoms with Gasteiger partial charge < -0.3 is 19.7 Å². The molecule has 0 saturated carbocycles. The lowest BCUT2D eigenvalue weighted by molar-refractivity contribution is -0.129. The van der Waals surface area contributed by atoms with Crippen LogP contribution in [-0.2, 0) is 17.8 Å². The van der Waals surface area contributed by atoms with Gasteiger partial charge in [-0.1, -0.05) is 30.3 Å². The number of hydrogen-bond donors (Lipinski definition) is 1. The summed E-state index contributed by atoms with van der Waals surface area (Å²) < 4.78 is 1.93. The Balaban J connectivity index is 1.46. The highest BCUT2D eigenvalue weighted by atomic mass is 16.2. The molecule has 1 aromatic heterocycles. The van der Waals surface area contributed by atoms with Crippen molar-refractivity contribution in [3.63, 3.8) is 0 Å². The molecule has 31 heavy (non-hydrogen) atoms. The van der Waals surface area contributed by atoms with Crippen molar-refractivity contribution < 1.29 is 9.59 Å². The summed E-state index contributed by atoms with van der Waals surface area (Å²) in [6, 6.07) is 18.4. The Kier molecular flexibility index (Phi) is 6.26. The van der Waals surface area contributed by atoms with Gasteiger partial charge in [0.15, 0.2) is 0 Å². The highest BCUT2D eigenvalue weighted by molar-refractivity contribution is 5.93. The molecule has 1 atom stereocenters. The molecule has 0 radical (unpaired) electrons. The normalized spacial score (nSPS) is 16.3. The second kappa shape index (κ2) is 9.25. The van der Waals surface area contributed by atoms with Gasteiger partial charge in [0.1, 0.15) is 6.54 Å². The van der Waals surface area contributed by atoms with Crippen molar-refractivity contribution in [2.75, 3.05) is 26.0 Å². The first-order chi connectivity index (χ1) is 15.0. The van der Waals surface area contributed by atoms with Gasteiger partial charge in [0.2, 0.25) is 5.91 Å². The van der Waals surface area contributed by atoms with Crippen LogP contribution in [0.2, 0.25) is 0 Å². The molecule has 0 bridgehead atoms. The number of amides is 3. The summed E-state index contributed by atoms with van der Waals surface area (Å²) >= 11 is 0. The van der Waals surface area contributed by atoms with Gasteiger partial charge in [-0.2, -0.15) is 0 Å². The summed E-state index contributed by atoms with van der Waals surface area (Å²) in [4.78, 5) is 28.7. The summed E-state index contributed by atoms with van der Waals surface area (Å²) in [5.74, 6) is 0.0458. The van der Waals surface area contributed by atoms with Crippen LogP contribution >= 0.6 is 0 Å². The number of nitrogens with zero attached hydrogens (tertiary/aromatic N) is 3. The average Bonchev–Trinajstić information content (AvgIpc) is 3.16. The SMILES string of the molecule is CN(C)C(=O)Cn1ccc2cc(NC(=O)N3CCCCC3Cc3ccccc3)ccc21. The van der Waals surface area contributed by atoms with Crippen LogP contribution in [0.3, 0.4) is 0 Å². The van der Waals surface area contributed by atoms with Crippen molar-refractivity contribution in [3.05, 3.63) is 66.4 Å². The fourth-order valence-corrected chi connectivity index (χ4v) is 4.26. The zero-order valence-corrected chi connectivity index (χ0v) is 18.3. The number of likely N-dealkylation sites (N-methyl/N-ethyl adjacent to an activating group) is 1. The molecule has 1 aliphatic rings. The predicted octanol–water partition coefficient (Wildman–Crippen LogP) is 4.36. The number of carbonyl (C=O) groups excluding carboxylic acids is 2. The van der Waals surface area contributed by atoms with E-state index in [0.29, 0.717) is 6.54 Å². The number of fused-ring (bicyclic) bond motifs is 1. The van der Waals surface area contributed by atoms with Crippen LogP contribution in [0.15, 0.2) is 60.8 Å². The smallest absolute Gasteiger partial charge is 0.322 e. The summed E-state index contributed by atoms with van der Waals surface area (Å²) in [6.45, 7) is 1.09. The predicted molar refractivity (Wildman–Crippen MR) is 124 cm³/mol. The van der Waals surface area contributed by atoms with Gasteiger partial charge in [-0.25, -0.2) is 4.79 Å². The molecule has 6 heteroatoms. The average molecular weight is 419 g/mol. The largest absolute Gasteiger partial charge is 0.347 e. The summed E-state index contributed by atoms with van der Waals surface area (Å²) in [5.41, 5.74) is 3.02. The highest BCUT2D eigenvalue weighted by Crippen LogP contribution is 2.24. The second-order valence-corrected chi connectivity index (χ2v) is 8.47. The van der Waals surface area contributed by atoms with Crippen LogP contribution < -0.4 is 5.32 Å². The summed E-state index contributed by atoms with van der Waals surface area (Å²) in [7, 11) is 3.51. The van der Waals surface area contributed by atoms with E-state index >= 15 is 0 Å². The monoisotopic (exact) mass is 418 g/mol. The molecule has 3 aromatic rings. The molecule has 1 fully saturated rings. The minimum absolute atomic E-state index is 0.0396. The molecular weight excluding hydrogens is 388 g/mol. The molecule has 0 aliphatic carbocycles. The first kappa shape index (κ1) is 21.0. The van der Waals surface area contributed by atoms with Crippen LogP contribution in [0, 0.1) is 0 Å². The number of rotatable bonds is 5. The summed E-state index contributed by atoms with van der Waals surface area (Å²) in [5, 5.41) is 4.09. The molecule has 1 N–H and O–H groups in total. The molecule has 0 spiro atoms. The van der Waals surface area contributed by atoms with Gasteiger partial charge in [-0.15, -0.1) is 0 Å². The van der Waals surface area contributed by atoms with Gasteiger partial charge in [0.25, 0.3) is 0 Å². The Morgan fingerprint density at radius 3 is 2.65 bits per heavy atom. The fourth-order valence-electron chi connectivity index (χ4n) is 4.26. The zero-order valence-electron chi connectivity index (χ0n) is 18.3. The Bertz CT molecular complexity index is 1060. The fraction of sp³-hybridized carbons (Fsp3) is 0.360. The number of anilines is 1. The van der Waals surface area contributed by atoms with Crippen molar-refractivity contribution in [2.24, 2.45) is 0 Å². The minimum atomic E-state index is -0.0396. The second-order valence-electron chi connectivity index (χ2n) is 8.47. The number of nitrogens with one attached hydrogen (secondary N) is 1. The number of carbonyl (C=O) groups is 2. The molecule has 2 heterocycles. The first-order valence-corrected chi connectivity index (χ1v) is 10.9. The maximum atomic E-state index is 13.1. The number of likely N-dealkylation sites (tertiary alicyclic amines) is 1. The van der Waals surface area contributed by atoms with Gasteiger partial charge in [-0.05, 0) is 55.5 Å². The van der Waals surface area contributed by atoms with Crippen LogP contribution in [0.5, 0.6) is 0 Å². The molecule has 162 valence electrons. The lowest BCUT2D eigenvalue weighted by atomic mass is 9.96. The Labute approximate surface area is 183 Å². The van der Waals surface area contributed by atoms with Gasteiger partial charge in [0, 0.05) is 49.5 Å². The van der Waals surface area contributed by atoms with Crippen molar-refractivity contribution in [1.29, 1.82) is 0 Å². The van der Waals surface area contributed by atoms with E-state index in [2.05, 4.69) is 29.6 Å². The standard InChI is InChI=1S/C25H30N4O2/c1-27(2)24(30)18-28-15-13-20-17-21(11-12-23(20)28)26-25(31)29-14-7-6-10-22(29)16-19-8-4-3-5-9-19/h3-5,8-9,11-13,15,17,22H,6-7,10,14,16,18H2,1-2H3,(H,26,31). The Morgan fingerprint density at radius 2 is 1.87 bits per heavy atom. The number of urea groups is 1. The Hall–Kier alpha value is -3.28. The molecule has 1 unspecified atom stereocenters. The number of benzene rings is 2. The number of hydrogen-bond acceptors (Lipinski definition) is 2. The van der Waals surface area contributed by atoms with E-state index in [0.717, 1.165) is 48.8 Å². The first-order valence-electron chi connectivity index (χ1n) is 10.9. The third kappa shape index (κ3) is 4.90. The zero-order chi connectivity index (χ0) is 21.8. The Morgan fingerprint density at radius 1 is 1.06 bits per heavy atom. The van der Waals surface area contributed by atoms with Crippen LogP contribution in [0.1, 0.15) is 24.8 Å². The number of piperidine rings is 1. The highest BCUT2D eigenvalue weighted by Gasteiger charge is 2.27. The maximum Gasteiger partial charge on any atom is 0.322 e. The maximum absolute atomic E-state index is 13.1. The van der Waals surface area contributed by atoms with Crippen LogP contribution in [0.4, 0.5) is 10.5 Å². The van der Waals surface area contributed by atoms with Crippen molar-refractivity contribution >= 4 is 28.5 Å². The minimum Gasteiger partial charge on any atom is -0.347 e. The topological polar surface area (TPSA) is 57.6 Å². The third-order valence-electron chi connectivity index (χ3n) is 6.03. The van der Waals surface area contributed by atoms with Gasteiger partial charge >= 0.3 is 6.03 Å². The van der Waals surface area contributed by atoms with E-state index in [9.17, 15) is 9.59 Å². The molecular formula is C25H30N4O2. The lowest BCUT2D eigenvalue weighted by Gasteiger charge is -2.36. The molecule has 2 aromatic carbocycles. The van der Waals surface area contributed by atoms with Crippen molar-refractivity contribution in [3.8, 4) is 0 Å². The lowest BCUT2D eigenvalue weighted by Crippen LogP contribution is -2.46. The molecule has 1 aliphatic heterocycles. The van der Waals surface area contributed by atoms with Crippen molar-refractivity contribution in [2.45, 2.75) is 38.3 Å². The third-order valence-corrected chi connectivity index (χ3v) is 6.03. The van der Waals surface area contributed by atoms with Crippen LogP contribution in [0.25, 0.3) is 10.9 Å². The summed E-state index contributed by atoms with van der Waals surface area (Å²) in [6.07, 6.45) is 6.03. The number of aromatic nitrogens is 1. The van der Waals surface area contributed by atoms with Gasteiger partial charge in [-0.3, -0.25) is 4.79 Å².